The lowest BCUT2D eigenvalue weighted by Crippen LogP contribution is -2.45. The molecule has 9 nitrogen and oxygen atoms in total. The van der Waals surface area contributed by atoms with Gasteiger partial charge in [0.15, 0.2) is 5.78 Å². The molecule has 12 atom stereocenters. The molecule has 0 saturated carbocycles. The molecule has 1 aliphatic rings. The number of esters is 1. The Labute approximate surface area is 282 Å². The third-order valence-corrected chi connectivity index (χ3v) is 9.18. The summed E-state index contributed by atoms with van der Waals surface area (Å²) in [7, 11) is 2.82. The summed E-state index contributed by atoms with van der Waals surface area (Å²) >= 11 is 0. The van der Waals surface area contributed by atoms with Crippen LogP contribution in [0.15, 0.2) is 71.6 Å². The lowest BCUT2D eigenvalue weighted by Gasteiger charge is -2.33. The van der Waals surface area contributed by atoms with Gasteiger partial charge in [-0.3, -0.25) is 4.79 Å². The maximum atomic E-state index is 13.5. The van der Waals surface area contributed by atoms with Gasteiger partial charge >= 0.3 is 5.97 Å². The number of methoxy groups -OCH3 is 2. The Balaban J connectivity index is 3.56. The van der Waals surface area contributed by atoms with Crippen LogP contribution in [0.2, 0.25) is 0 Å². The standard InChI is InChI=1S/C38H60O9/c1-12-14-30(39)24(4)17-18-31(40)27(7)36(43)29(9)37-32(45-10)16-13-15-22(2)19-25(5)34(41)28(8)35(42)26(6)20-23(3)21-33(46-11)38(44)47-37/h12-18,20-21,24-30,32,34-37,39,41-43H,19H2,1-11H3/b14-12+,16-13-,18-17+,22-15-,23-20-,33-21+/t24-,25+,26+,27+,28-,29-,30+,32-,34-,35+,36-,37+/m0/s1. The van der Waals surface area contributed by atoms with Crippen molar-refractivity contribution >= 4 is 11.8 Å². The first-order valence-electron chi connectivity index (χ1n) is 16.6. The molecule has 0 unspecified atom stereocenters. The molecule has 9 heteroatoms. The largest absolute Gasteiger partial charge is 0.490 e. The fourth-order valence-electron chi connectivity index (χ4n) is 5.87. The van der Waals surface area contributed by atoms with E-state index in [2.05, 4.69) is 0 Å². The van der Waals surface area contributed by atoms with E-state index in [4.69, 9.17) is 14.2 Å². The second kappa shape index (κ2) is 20.5. The van der Waals surface area contributed by atoms with E-state index in [1.54, 1.807) is 65.0 Å². The molecule has 4 N–H and O–H groups in total. The molecule has 0 radical (unpaired) electrons. The number of rotatable bonds is 10. The van der Waals surface area contributed by atoms with E-state index in [1.165, 1.54) is 26.4 Å². The van der Waals surface area contributed by atoms with Gasteiger partial charge in [-0.1, -0.05) is 95.2 Å². The second-order valence-corrected chi connectivity index (χ2v) is 13.2. The number of aliphatic hydroxyl groups excluding tert-OH is 4. The number of carbonyl (C=O) groups is 2. The third kappa shape index (κ3) is 13.0. The number of ether oxygens (including phenoxy) is 3. The van der Waals surface area contributed by atoms with Crippen molar-refractivity contribution < 1.29 is 44.2 Å². The second-order valence-electron chi connectivity index (χ2n) is 13.2. The van der Waals surface area contributed by atoms with Crippen LogP contribution in [-0.2, 0) is 23.8 Å². The number of allylic oxidation sites excluding steroid dienone is 7. The van der Waals surface area contributed by atoms with Gasteiger partial charge in [0, 0.05) is 36.7 Å². The first-order valence-corrected chi connectivity index (χ1v) is 16.6. The molecule has 47 heavy (non-hydrogen) atoms. The SMILES string of the molecule is C/C=C/[C@@H](O)[C@@H](C)/C=C/C(=O)[C@@H](C)[C@H](O)[C@H](C)[C@H]1OC(=O)/C(OC)=C\C(C)=C/[C@@H](C)[C@@H](O)[C@@H](C)[C@@H](O)[C@H](C)C/C(C)=C\C=C/[C@@H]1OC. The number of cyclic esters (lactones) is 1. The van der Waals surface area contributed by atoms with Gasteiger partial charge in [0.1, 0.15) is 12.2 Å². The molecule has 1 rings (SSSR count). The minimum Gasteiger partial charge on any atom is -0.490 e. The summed E-state index contributed by atoms with van der Waals surface area (Å²) < 4.78 is 17.1. The Morgan fingerprint density at radius 3 is 2.26 bits per heavy atom. The minimum absolute atomic E-state index is 0.0924. The predicted octanol–water partition coefficient (Wildman–Crippen LogP) is 5.26. The number of ketones is 1. The van der Waals surface area contributed by atoms with Gasteiger partial charge in [0.2, 0.25) is 5.76 Å². The lowest BCUT2D eigenvalue weighted by atomic mass is 9.81. The molecular formula is C38H60O9. The summed E-state index contributed by atoms with van der Waals surface area (Å²) in [5.41, 5.74) is 1.63. The highest BCUT2D eigenvalue weighted by Gasteiger charge is 2.38. The van der Waals surface area contributed by atoms with Crippen LogP contribution in [0, 0.1) is 35.5 Å². The Morgan fingerprint density at radius 2 is 1.68 bits per heavy atom. The van der Waals surface area contributed by atoms with Crippen molar-refractivity contribution in [1.29, 1.82) is 0 Å². The highest BCUT2D eigenvalue weighted by Crippen LogP contribution is 2.28. The van der Waals surface area contributed by atoms with E-state index in [0.717, 1.165) is 5.57 Å². The fraction of sp³-hybridized carbons (Fsp3) is 0.632. The molecule has 0 spiro atoms. The van der Waals surface area contributed by atoms with E-state index in [0.29, 0.717) is 12.0 Å². The van der Waals surface area contributed by atoms with Gasteiger partial charge in [-0.25, -0.2) is 4.79 Å². The van der Waals surface area contributed by atoms with E-state index < -0.39 is 60.3 Å². The molecule has 0 bridgehead atoms. The summed E-state index contributed by atoms with van der Waals surface area (Å²) in [5, 5.41) is 43.6. The Morgan fingerprint density at radius 1 is 1.04 bits per heavy atom. The zero-order chi connectivity index (χ0) is 36.0. The van der Waals surface area contributed by atoms with Crippen LogP contribution < -0.4 is 0 Å². The molecule has 1 aliphatic heterocycles. The normalized spacial score (nSPS) is 34.7. The van der Waals surface area contributed by atoms with Crippen molar-refractivity contribution in [2.24, 2.45) is 35.5 Å². The fourth-order valence-corrected chi connectivity index (χ4v) is 5.87. The highest BCUT2D eigenvalue weighted by atomic mass is 16.6. The maximum absolute atomic E-state index is 13.5. The van der Waals surface area contributed by atoms with Crippen molar-refractivity contribution in [1.82, 2.24) is 0 Å². The lowest BCUT2D eigenvalue weighted by molar-refractivity contribution is -0.162. The van der Waals surface area contributed by atoms with Crippen LogP contribution >= 0.6 is 0 Å². The summed E-state index contributed by atoms with van der Waals surface area (Å²) in [6.45, 7) is 16.2. The smallest absolute Gasteiger partial charge is 0.373 e. The van der Waals surface area contributed by atoms with Crippen molar-refractivity contribution in [3.63, 3.8) is 0 Å². The van der Waals surface area contributed by atoms with Crippen LogP contribution in [0.1, 0.15) is 68.7 Å². The minimum atomic E-state index is -1.22. The first kappa shape index (κ1) is 42.2. The number of hydrogen-bond acceptors (Lipinski definition) is 9. The molecule has 0 saturated heterocycles. The van der Waals surface area contributed by atoms with Gasteiger partial charge in [0.05, 0.1) is 31.5 Å². The molecular weight excluding hydrogens is 600 g/mol. The van der Waals surface area contributed by atoms with Gasteiger partial charge in [-0.2, -0.15) is 0 Å². The molecule has 266 valence electrons. The number of hydrogen-bond donors (Lipinski definition) is 4. The Bertz CT molecular complexity index is 1180. The third-order valence-electron chi connectivity index (χ3n) is 9.18. The molecule has 0 fully saturated rings. The maximum Gasteiger partial charge on any atom is 0.373 e. The topological polar surface area (TPSA) is 143 Å². The molecule has 0 aromatic carbocycles. The quantitative estimate of drug-likeness (QED) is 0.140. The van der Waals surface area contributed by atoms with Crippen LogP contribution in [0.5, 0.6) is 0 Å². The van der Waals surface area contributed by atoms with E-state index >= 15 is 0 Å². The zero-order valence-corrected chi connectivity index (χ0v) is 30.2. The zero-order valence-electron chi connectivity index (χ0n) is 30.2. The summed E-state index contributed by atoms with van der Waals surface area (Å²) in [6.07, 6.45) is 10.3. The van der Waals surface area contributed by atoms with E-state index in [1.807, 2.05) is 39.8 Å². The average molecular weight is 661 g/mol. The van der Waals surface area contributed by atoms with Gasteiger partial charge < -0.3 is 34.6 Å². The summed E-state index contributed by atoms with van der Waals surface area (Å²) in [4.78, 5) is 26.6. The molecule has 0 aliphatic carbocycles. The molecule has 0 aromatic rings. The van der Waals surface area contributed by atoms with Gasteiger partial charge in [-0.05, 0) is 45.3 Å². The molecule has 0 aromatic heterocycles. The van der Waals surface area contributed by atoms with E-state index in [9.17, 15) is 30.0 Å². The summed E-state index contributed by atoms with van der Waals surface area (Å²) in [5.74, 6) is -3.99. The van der Waals surface area contributed by atoms with Crippen molar-refractivity contribution in [3.8, 4) is 0 Å². The molecule has 1 heterocycles. The Kier molecular flexibility index (Phi) is 18.4. The predicted molar refractivity (Wildman–Crippen MR) is 185 cm³/mol. The van der Waals surface area contributed by atoms with Crippen LogP contribution in [0.25, 0.3) is 0 Å². The van der Waals surface area contributed by atoms with Crippen molar-refractivity contribution in [2.45, 2.75) is 105 Å². The number of aliphatic hydroxyl groups is 4. The van der Waals surface area contributed by atoms with Gasteiger partial charge in [0.25, 0.3) is 0 Å². The highest BCUT2D eigenvalue weighted by molar-refractivity contribution is 5.92. The Hall–Kier alpha value is -2.82. The van der Waals surface area contributed by atoms with Crippen LogP contribution in [0.4, 0.5) is 0 Å². The average Bonchev–Trinajstić information content (AvgIpc) is 3.04. The van der Waals surface area contributed by atoms with Crippen molar-refractivity contribution in [2.75, 3.05) is 14.2 Å². The van der Waals surface area contributed by atoms with Crippen LogP contribution in [-0.4, -0.2) is 83.0 Å². The van der Waals surface area contributed by atoms with Crippen LogP contribution in [0.3, 0.4) is 0 Å². The number of carbonyl (C=O) groups excluding carboxylic acids is 2. The van der Waals surface area contributed by atoms with Gasteiger partial charge in [-0.15, -0.1) is 0 Å². The van der Waals surface area contributed by atoms with Crippen molar-refractivity contribution in [3.05, 3.63) is 71.6 Å². The molecule has 0 amide bonds. The summed E-state index contributed by atoms with van der Waals surface area (Å²) in [6, 6.07) is 0. The van der Waals surface area contributed by atoms with E-state index in [-0.39, 0.29) is 29.3 Å². The first-order chi connectivity index (χ1) is 22.0. The monoisotopic (exact) mass is 660 g/mol.